The summed E-state index contributed by atoms with van der Waals surface area (Å²) < 4.78 is 2.00. The molecular weight excluding hydrogens is 420 g/mol. The highest BCUT2D eigenvalue weighted by Gasteiger charge is 2.14. The molecule has 3 aromatic rings. The van der Waals surface area contributed by atoms with Gasteiger partial charge in [-0.1, -0.05) is 30.0 Å². The van der Waals surface area contributed by atoms with Crippen molar-refractivity contribution in [2.45, 2.75) is 45.4 Å². The molecule has 0 unspecified atom stereocenters. The molecule has 2 aromatic carbocycles. The van der Waals surface area contributed by atoms with Crippen LogP contribution in [0, 0.1) is 13.8 Å². The number of nitrogens with one attached hydrogen (secondary N) is 1. The molecule has 3 rings (SSSR count). The number of hydrogen-bond acceptors (Lipinski definition) is 4. The summed E-state index contributed by atoms with van der Waals surface area (Å²) in [6, 6.07) is 13.8. The molecule has 6 nitrogen and oxygen atoms in total. The summed E-state index contributed by atoms with van der Waals surface area (Å²) in [7, 11) is 1.80. The van der Waals surface area contributed by atoms with Crippen molar-refractivity contribution >= 4 is 23.6 Å². The van der Waals surface area contributed by atoms with Gasteiger partial charge in [0.15, 0.2) is 5.16 Å². The first-order valence-corrected chi connectivity index (χ1v) is 11.6. The van der Waals surface area contributed by atoms with E-state index >= 15 is 0 Å². The molecule has 0 fully saturated rings. The Morgan fingerprint density at radius 3 is 2.38 bits per heavy atom. The second-order valence-corrected chi connectivity index (χ2v) is 9.14. The number of thioether (sulfide) groups is 1. The first-order valence-electron chi connectivity index (χ1n) is 10.6. The average Bonchev–Trinajstić information content (AvgIpc) is 3.23. The van der Waals surface area contributed by atoms with Crippen molar-refractivity contribution in [3.63, 3.8) is 0 Å². The highest BCUT2D eigenvalue weighted by Crippen LogP contribution is 2.22. The van der Waals surface area contributed by atoms with Gasteiger partial charge in [0.1, 0.15) is 0 Å². The molecule has 0 aliphatic carbocycles. The molecule has 7 heteroatoms. The predicted octanol–water partition coefficient (Wildman–Crippen LogP) is 4.38. The molecule has 168 valence electrons. The third kappa shape index (κ3) is 6.01. The maximum atomic E-state index is 12.4. The molecule has 1 aromatic heterocycles. The number of carbonyl (C=O) groups excluding carboxylic acids is 2. The fourth-order valence-corrected chi connectivity index (χ4v) is 4.07. The van der Waals surface area contributed by atoms with E-state index in [-0.39, 0.29) is 23.6 Å². The zero-order valence-electron chi connectivity index (χ0n) is 19.3. The summed E-state index contributed by atoms with van der Waals surface area (Å²) in [6.07, 6.45) is 3.66. The van der Waals surface area contributed by atoms with E-state index in [1.54, 1.807) is 30.3 Å². The lowest BCUT2D eigenvalue weighted by Gasteiger charge is -2.21. The largest absolute Gasteiger partial charge is 0.351 e. The second kappa shape index (κ2) is 10.5. The van der Waals surface area contributed by atoms with E-state index in [1.807, 2.05) is 36.7 Å². The third-order valence-corrected chi connectivity index (χ3v) is 6.18. The number of rotatable bonds is 8. The molecule has 0 aliphatic heterocycles. The van der Waals surface area contributed by atoms with Gasteiger partial charge in [0.2, 0.25) is 5.91 Å². The van der Waals surface area contributed by atoms with E-state index in [2.05, 4.69) is 42.3 Å². The predicted molar refractivity (Wildman–Crippen MR) is 129 cm³/mol. The van der Waals surface area contributed by atoms with Crippen molar-refractivity contribution in [1.82, 2.24) is 19.8 Å². The average molecular weight is 451 g/mol. The number of aromatic nitrogens is 2. The number of hydrogen-bond donors (Lipinski definition) is 1. The monoisotopic (exact) mass is 450 g/mol. The minimum Gasteiger partial charge on any atom is -0.351 e. The van der Waals surface area contributed by atoms with Crippen LogP contribution in [0.3, 0.4) is 0 Å². The summed E-state index contributed by atoms with van der Waals surface area (Å²) in [5, 5.41) is 3.72. The molecule has 1 N–H and O–H groups in total. The smallest absolute Gasteiger partial charge is 0.253 e. The molecule has 2 amide bonds. The number of carbonyl (C=O) groups is 2. The van der Waals surface area contributed by atoms with Crippen molar-refractivity contribution < 1.29 is 9.59 Å². The maximum absolute atomic E-state index is 12.4. The summed E-state index contributed by atoms with van der Waals surface area (Å²) in [5.74, 6) is 0.202. The molecule has 0 saturated heterocycles. The van der Waals surface area contributed by atoms with Crippen LogP contribution in [0.1, 0.15) is 40.9 Å². The quantitative estimate of drug-likeness (QED) is 0.517. The van der Waals surface area contributed by atoms with Gasteiger partial charge in [-0.15, -0.1) is 0 Å². The maximum Gasteiger partial charge on any atom is 0.253 e. The Hall–Kier alpha value is -3.06. The van der Waals surface area contributed by atoms with Gasteiger partial charge < -0.3 is 10.2 Å². The Bertz CT molecular complexity index is 1070. The van der Waals surface area contributed by atoms with Crippen LogP contribution in [0.15, 0.2) is 60.0 Å². The van der Waals surface area contributed by atoms with Crippen molar-refractivity contribution in [2.75, 3.05) is 12.8 Å². The fraction of sp³-hybridized carbons (Fsp3) is 0.320. The Morgan fingerprint density at radius 1 is 1.09 bits per heavy atom. The van der Waals surface area contributed by atoms with Crippen LogP contribution in [-0.4, -0.2) is 45.1 Å². The van der Waals surface area contributed by atoms with E-state index in [0.717, 1.165) is 16.4 Å². The van der Waals surface area contributed by atoms with Crippen molar-refractivity contribution in [1.29, 1.82) is 0 Å². The molecule has 0 radical (unpaired) electrons. The molecule has 0 bridgehead atoms. The van der Waals surface area contributed by atoms with Crippen LogP contribution in [0.4, 0.5) is 0 Å². The van der Waals surface area contributed by atoms with Crippen LogP contribution < -0.4 is 5.32 Å². The molecule has 0 spiro atoms. The Morgan fingerprint density at radius 2 is 1.75 bits per heavy atom. The van der Waals surface area contributed by atoms with Gasteiger partial charge in [-0.25, -0.2) is 4.98 Å². The summed E-state index contributed by atoms with van der Waals surface area (Å²) in [5.41, 5.74) is 5.01. The first kappa shape index (κ1) is 23.6. The van der Waals surface area contributed by atoms with Crippen LogP contribution in [0.5, 0.6) is 0 Å². The van der Waals surface area contributed by atoms with Crippen LogP contribution in [0.2, 0.25) is 0 Å². The minimum atomic E-state index is -0.0651. The number of benzene rings is 2. The van der Waals surface area contributed by atoms with Gasteiger partial charge in [-0.3, -0.25) is 14.2 Å². The molecule has 0 aliphatic rings. The first-order chi connectivity index (χ1) is 15.2. The lowest BCUT2D eigenvalue weighted by Crippen LogP contribution is -2.32. The van der Waals surface area contributed by atoms with Gasteiger partial charge in [-0.05, 0) is 68.7 Å². The van der Waals surface area contributed by atoms with Crippen LogP contribution in [0.25, 0.3) is 5.69 Å². The molecule has 0 atom stereocenters. The Labute approximate surface area is 194 Å². The SMILES string of the molecule is Cc1cc(C)cc(-n2ccnc2SCC(=O)NCc2ccc(C(=O)N(C)C(C)C)cc2)c1. The lowest BCUT2D eigenvalue weighted by molar-refractivity contribution is -0.118. The highest BCUT2D eigenvalue weighted by molar-refractivity contribution is 7.99. The molecule has 1 heterocycles. The van der Waals surface area contributed by atoms with Gasteiger partial charge in [0.05, 0.1) is 5.75 Å². The highest BCUT2D eigenvalue weighted by atomic mass is 32.2. The number of imidazole rings is 1. The van der Waals surface area contributed by atoms with E-state index in [9.17, 15) is 9.59 Å². The lowest BCUT2D eigenvalue weighted by atomic mass is 10.1. The van der Waals surface area contributed by atoms with Gasteiger partial charge >= 0.3 is 0 Å². The van der Waals surface area contributed by atoms with Gasteiger partial charge in [-0.2, -0.15) is 0 Å². The molecule has 32 heavy (non-hydrogen) atoms. The zero-order valence-corrected chi connectivity index (χ0v) is 20.1. The topological polar surface area (TPSA) is 67.2 Å². The summed E-state index contributed by atoms with van der Waals surface area (Å²) in [6.45, 7) is 8.51. The zero-order chi connectivity index (χ0) is 23.3. The van der Waals surface area contributed by atoms with Crippen molar-refractivity contribution in [3.05, 3.63) is 77.1 Å². The van der Waals surface area contributed by atoms with E-state index in [1.165, 1.54) is 22.9 Å². The fourth-order valence-electron chi connectivity index (χ4n) is 3.27. The van der Waals surface area contributed by atoms with Crippen LogP contribution >= 0.6 is 11.8 Å². The van der Waals surface area contributed by atoms with E-state index < -0.39 is 0 Å². The van der Waals surface area contributed by atoms with Crippen molar-refractivity contribution in [2.24, 2.45) is 0 Å². The minimum absolute atomic E-state index is 0.00806. The third-order valence-electron chi connectivity index (χ3n) is 5.21. The second-order valence-electron chi connectivity index (χ2n) is 8.20. The van der Waals surface area contributed by atoms with Gasteiger partial charge in [0, 0.05) is 43.3 Å². The normalized spacial score (nSPS) is 10.9. The number of amides is 2. The summed E-state index contributed by atoms with van der Waals surface area (Å²) >= 11 is 1.41. The molecular formula is C25H30N4O2S. The summed E-state index contributed by atoms with van der Waals surface area (Å²) in [4.78, 5) is 30.9. The van der Waals surface area contributed by atoms with Crippen LogP contribution in [-0.2, 0) is 11.3 Å². The Kier molecular flexibility index (Phi) is 7.75. The number of aryl methyl sites for hydroxylation is 2. The molecule has 0 saturated carbocycles. The van der Waals surface area contributed by atoms with E-state index in [4.69, 9.17) is 0 Å². The van der Waals surface area contributed by atoms with E-state index in [0.29, 0.717) is 12.1 Å². The number of nitrogens with zero attached hydrogens (tertiary/aromatic N) is 3. The Balaban J connectivity index is 1.53. The van der Waals surface area contributed by atoms with Crippen molar-refractivity contribution in [3.8, 4) is 5.69 Å². The standard InChI is InChI=1S/C25H30N4O2S/c1-17(2)28(5)24(31)21-8-6-20(7-9-21)15-27-23(30)16-32-25-26-10-11-29(25)22-13-18(3)12-19(4)14-22/h6-14,17H,15-16H2,1-5H3,(H,27,30). The van der Waals surface area contributed by atoms with Gasteiger partial charge in [0.25, 0.3) is 5.91 Å².